The Balaban J connectivity index is 1.50. The standard InChI is InChI=1S/C18H24N2O4/c1-13-4-5-16-15(11-13)20(8-10-24-16)18(22)7-6-17(21)19-12-14-3-2-9-23-14/h4-5,11,14H,2-3,6-10,12H2,1H3,(H,19,21). The molecular weight excluding hydrogens is 308 g/mol. The molecule has 130 valence electrons. The molecule has 1 unspecified atom stereocenters. The van der Waals surface area contributed by atoms with E-state index in [-0.39, 0.29) is 30.8 Å². The van der Waals surface area contributed by atoms with Crippen molar-refractivity contribution in [2.24, 2.45) is 0 Å². The molecule has 6 heteroatoms. The molecule has 0 aliphatic carbocycles. The Morgan fingerprint density at radius 2 is 2.17 bits per heavy atom. The lowest BCUT2D eigenvalue weighted by Gasteiger charge is -2.30. The number of hydrogen-bond donors (Lipinski definition) is 1. The summed E-state index contributed by atoms with van der Waals surface area (Å²) >= 11 is 0. The summed E-state index contributed by atoms with van der Waals surface area (Å²) in [5.74, 6) is 0.581. The third-order valence-corrected chi connectivity index (χ3v) is 4.40. The van der Waals surface area contributed by atoms with E-state index in [0.717, 1.165) is 36.4 Å². The molecule has 1 fully saturated rings. The van der Waals surface area contributed by atoms with Crippen LogP contribution in [-0.4, -0.2) is 44.2 Å². The van der Waals surface area contributed by atoms with Crippen LogP contribution in [0.2, 0.25) is 0 Å². The van der Waals surface area contributed by atoms with Gasteiger partial charge in [0.05, 0.1) is 18.3 Å². The highest BCUT2D eigenvalue weighted by Crippen LogP contribution is 2.32. The van der Waals surface area contributed by atoms with Crippen LogP contribution in [0.1, 0.15) is 31.2 Å². The van der Waals surface area contributed by atoms with Crippen molar-refractivity contribution in [3.8, 4) is 5.75 Å². The molecule has 1 N–H and O–H groups in total. The van der Waals surface area contributed by atoms with Crippen LogP contribution in [0.4, 0.5) is 5.69 Å². The fraction of sp³-hybridized carbons (Fsp3) is 0.556. The zero-order chi connectivity index (χ0) is 16.9. The molecule has 0 radical (unpaired) electrons. The highest BCUT2D eigenvalue weighted by molar-refractivity contribution is 5.97. The molecule has 24 heavy (non-hydrogen) atoms. The van der Waals surface area contributed by atoms with Crippen molar-refractivity contribution < 1.29 is 19.1 Å². The number of aryl methyl sites for hydroxylation is 1. The van der Waals surface area contributed by atoms with Gasteiger partial charge in [-0.25, -0.2) is 0 Å². The maximum absolute atomic E-state index is 12.5. The average molecular weight is 332 g/mol. The molecule has 2 aliphatic rings. The Labute approximate surface area is 142 Å². The van der Waals surface area contributed by atoms with Crippen molar-refractivity contribution in [1.29, 1.82) is 0 Å². The maximum atomic E-state index is 12.5. The molecule has 0 bridgehead atoms. The first kappa shape index (κ1) is 16.8. The number of fused-ring (bicyclic) bond motifs is 1. The lowest BCUT2D eigenvalue weighted by molar-refractivity contribution is -0.125. The highest BCUT2D eigenvalue weighted by Gasteiger charge is 2.24. The van der Waals surface area contributed by atoms with Gasteiger partial charge in [-0.2, -0.15) is 0 Å². The van der Waals surface area contributed by atoms with Crippen LogP contribution in [0.25, 0.3) is 0 Å². The molecule has 1 aromatic carbocycles. The molecule has 1 saturated heterocycles. The first-order chi connectivity index (χ1) is 11.6. The molecule has 2 amide bonds. The van der Waals surface area contributed by atoms with Crippen LogP contribution in [-0.2, 0) is 14.3 Å². The predicted octanol–water partition coefficient (Wildman–Crippen LogP) is 1.80. The second-order valence-corrected chi connectivity index (χ2v) is 6.30. The zero-order valence-corrected chi connectivity index (χ0v) is 14.0. The van der Waals surface area contributed by atoms with Crippen molar-refractivity contribution in [1.82, 2.24) is 5.32 Å². The topological polar surface area (TPSA) is 67.9 Å². The van der Waals surface area contributed by atoms with Crippen molar-refractivity contribution >= 4 is 17.5 Å². The predicted molar refractivity (Wildman–Crippen MR) is 90.2 cm³/mol. The second-order valence-electron chi connectivity index (χ2n) is 6.30. The molecule has 1 aromatic rings. The number of anilines is 1. The third-order valence-electron chi connectivity index (χ3n) is 4.40. The van der Waals surface area contributed by atoms with Crippen molar-refractivity contribution in [3.05, 3.63) is 23.8 Å². The van der Waals surface area contributed by atoms with Gasteiger partial charge >= 0.3 is 0 Å². The Morgan fingerprint density at radius 3 is 2.96 bits per heavy atom. The summed E-state index contributed by atoms with van der Waals surface area (Å²) in [6.45, 7) is 4.29. The van der Waals surface area contributed by atoms with Gasteiger partial charge in [-0.3, -0.25) is 9.59 Å². The van der Waals surface area contributed by atoms with Crippen LogP contribution in [0, 0.1) is 6.92 Å². The quantitative estimate of drug-likeness (QED) is 0.893. The molecule has 6 nitrogen and oxygen atoms in total. The number of carbonyl (C=O) groups is 2. The van der Waals surface area contributed by atoms with Gasteiger partial charge in [0.25, 0.3) is 0 Å². The number of nitrogens with zero attached hydrogens (tertiary/aromatic N) is 1. The highest BCUT2D eigenvalue weighted by atomic mass is 16.5. The number of ether oxygens (including phenoxy) is 2. The largest absolute Gasteiger partial charge is 0.490 e. The van der Waals surface area contributed by atoms with E-state index in [0.29, 0.717) is 19.7 Å². The Hall–Kier alpha value is -2.08. The number of nitrogens with one attached hydrogen (secondary N) is 1. The lowest BCUT2D eigenvalue weighted by Crippen LogP contribution is -2.39. The van der Waals surface area contributed by atoms with Crippen LogP contribution >= 0.6 is 0 Å². The molecule has 2 heterocycles. The van der Waals surface area contributed by atoms with Gasteiger partial charge in [-0.1, -0.05) is 6.07 Å². The number of benzene rings is 1. The van der Waals surface area contributed by atoms with Gasteiger partial charge in [0, 0.05) is 26.0 Å². The van der Waals surface area contributed by atoms with E-state index in [1.807, 2.05) is 25.1 Å². The summed E-state index contributed by atoms with van der Waals surface area (Å²) in [6, 6.07) is 5.80. The smallest absolute Gasteiger partial charge is 0.227 e. The Bertz CT molecular complexity index is 611. The molecule has 0 aromatic heterocycles. The average Bonchev–Trinajstić information content (AvgIpc) is 3.10. The first-order valence-corrected chi connectivity index (χ1v) is 8.55. The summed E-state index contributed by atoms with van der Waals surface area (Å²) in [5, 5.41) is 2.85. The number of carbonyl (C=O) groups excluding carboxylic acids is 2. The minimum Gasteiger partial charge on any atom is -0.490 e. The van der Waals surface area contributed by atoms with Crippen LogP contribution < -0.4 is 15.0 Å². The van der Waals surface area contributed by atoms with E-state index in [4.69, 9.17) is 9.47 Å². The van der Waals surface area contributed by atoms with E-state index in [2.05, 4.69) is 5.32 Å². The summed E-state index contributed by atoms with van der Waals surface area (Å²) in [5.41, 5.74) is 1.87. The first-order valence-electron chi connectivity index (χ1n) is 8.55. The van der Waals surface area contributed by atoms with E-state index in [9.17, 15) is 9.59 Å². The van der Waals surface area contributed by atoms with Crippen LogP contribution in [0.15, 0.2) is 18.2 Å². The number of amides is 2. The molecule has 3 rings (SSSR count). The molecule has 0 spiro atoms. The third kappa shape index (κ3) is 4.06. The summed E-state index contributed by atoms with van der Waals surface area (Å²) in [7, 11) is 0. The normalized spacial score (nSPS) is 19.5. The van der Waals surface area contributed by atoms with Gasteiger partial charge in [-0.05, 0) is 37.5 Å². The van der Waals surface area contributed by atoms with E-state index >= 15 is 0 Å². The Kier molecular flexibility index (Phi) is 5.35. The van der Waals surface area contributed by atoms with Crippen LogP contribution in [0.3, 0.4) is 0 Å². The molecular formula is C18H24N2O4. The number of rotatable bonds is 5. The minimum absolute atomic E-state index is 0.0441. The Morgan fingerprint density at radius 1 is 1.29 bits per heavy atom. The SMILES string of the molecule is Cc1ccc2c(c1)N(C(=O)CCC(=O)NCC1CCCO1)CCO2. The zero-order valence-electron chi connectivity index (χ0n) is 14.0. The van der Waals surface area contributed by atoms with E-state index in [1.165, 1.54) is 0 Å². The van der Waals surface area contributed by atoms with E-state index in [1.54, 1.807) is 4.90 Å². The molecule has 2 aliphatic heterocycles. The van der Waals surface area contributed by atoms with Gasteiger partial charge < -0.3 is 19.7 Å². The fourth-order valence-corrected chi connectivity index (χ4v) is 3.06. The van der Waals surface area contributed by atoms with Crippen LogP contribution in [0.5, 0.6) is 5.75 Å². The number of hydrogen-bond acceptors (Lipinski definition) is 4. The van der Waals surface area contributed by atoms with Gasteiger partial charge in [0.15, 0.2) is 0 Å². The monoisotopic (exact) mass is 332 g/mol. The maximum Gasteiger partial charge on any atom is 0.227 e. The summed E-state index contributed by atoms with van der Waals surface area (Å²) in [4.78, 5) is 26.1. The van der Waals surface area contributed by atoms with E-state index < -0.39 is 0 Å². The van der Waals surface area contributed by atoms with Crippen molar-refractivity contribution in [2.75, 3.05) is 31.2 Å². The second kappa shape index (κ2) is 7.66. The lowest BCUT2D eigenvalue weighted by atomic mass is 10.1. The fourth-order valence-electron chi connectivity index (χ4n) is 3.06. The molecule has 1 atom stereocenters. The molecule has 0 saturated carbocycles. The van der Waals surface area contributed by atoms with Gasteiger partial charge in [0.1, 0.15) is 12.4 Å². The van der Waals surface area contributed by atoms with Gasteiger partial charge in [0.2, 0.25) is 11.8 Å². The minimum atomic E-state index is -0.100. The van der Waals surface area contributed by atoms with Crippen molar-refractivity contribution in [3.63, 3.8) is 0 Å². The van der Waals surface area contributed by atoms with Gasteiger partial charge in [-0.15, -0.1) is 0 Å². The van der Waals surface area contributed by atoms with Crippen molar-refractivity contribution in [2.45, 2.75) is 38.7 Å². The summed E-state index contributed by atoms with van der Waals surface area (Å²) in [6.07, 6.45) is 2.56. The summed E-state index contributed by atoms with van der Waals surface area (Å²) < 4.78 is 11.1.